The Balaban J connectivity index is 1.42. The molecule has 3 heterocycles. The first-order valence-corrected chi connectivity index (χ1v) is 9.87. The van der Waals surface area contributed by atoms with E-state index in [1.54, 1.807) is 12.5 Å². The van der Waals surface area contributed by atoms with Crippen LogP contribution in [-0.4, -0.2) is 15.0 Å². The van der Waals surface area contributed by atoms with Crippen molar-refractivity contribution in [2.45, 2.75) is 33.6 Å². The van der Waals surface area contributed by atoms with Gasteiger partial charge in [0.25, 0.3) is 0 Å². The molecule has 0 amide bonds. The normalized spacial score (nSPS) is 10.9. The quantitative estimate of drug-likeness (QED) is 0.445. The predicted molar refractivity (Wildman–Crippen MR) is 116 cm³/mol. The maximum absolute atomic E-state index is 5.74. The summed E-state index contributed by atoms with van der Waals surface area (Å²) in [5, 5.41) is 3.45. The first-order chi connectivity index (χ1) is 14.7. The van der Waals surface area contributed by atoms with E-state index in [0.717, 1.165) is 39.7 Å². The highest BCUT2D eigenvalue weighted by molar-refractivity contribution is 5.56. The lowest BCUT2D eigenvalue weighted by Gasteiger charge is -2.13. The fourth-order valence-corrected chi connectivity index (χ4v) is 3.09. The largest absolute Gasteiger partial charge is 0.467 e. The van der Waals surface area contributed by atoms with E-state index in [2.05, 4.69) is 33.5 Å². The van der Waals surface area contributed by atoms with Gasteiger partial charge in [-0.2, -0.15) is 0 Å². The van der Waals surface area contributed by atoms with Crippen LogP contribution < -0.4 is 5.32 Å². The molecule has 152 valence electrons. The molecule has 0 saturated carbocycles. The third-order valence-electron chi connectivity index (χ3n) is 4.83. The molecule has 1 N–H and O–H groups in total. The van der Waals surface area contributed by atoms with Gasteiger partial charge in [-0.1, -0.05) is 30.3 Å². The number of pyridine rings is 1. The maximum atomic E-state index is 5.74. The van der Waals surface area contributed by atoms with Crippen LogP contribution in [0.5, 0.6) is 0 Å². The Morgan fingerprint density at radius 2 is 1.83 bits per heavy atom. The Bertz CT molecular complexity index is 1100. The molecule has 0 aliphatic rings. The van der Waals surface area contributed by atoms with Crippen LogP contribution >= 0.6 is 0 Å². The molecule has 6 nitrogen and oxygen atoms in total. The minimum Gasteiger partial charge on any atom is -0.467 e. The molecule has 30 heavy (non-hydrogen) atoms. The van der Waals surface area contributed by atoms with Gasteiger partial charge in [-0.25, -0.2) is 9.97 Å². The van der Waals surface area contributed by atoms with Gasteiger partial charge in [-0.15, -0.1) is 0 Å². The van der Waals surface area contributed by atoms with Gasteiger partial charge < -0.3 is 14.5 Å². The molecule has 0 spiro atoms. The summed E-state index contributed by atoms with van der Waals surface area (Å²) in [6.07, 6.45) is 3.40. The van der Waals surface area contributed by atoms with Gasteiger partial charge >= 0.3 is 0 Å². The molecule has 0 aliphatic heterocycles. The fourth-order valence-electron chi connectivity index (χ4n) is 3.09. The van der Waals surface area contributed by atoms with Crippen molar-refractivity contribution in [1.29, 1.82) is 0 Å². The van der Waals surface area contributed by atoms with E-state index in [4.69, 9.17) is 14.1 Å². The number of benzene rings is 1. The Kier molecular flexibility index (Phi) is 6.15. The standard InChI is InChI=1S/C24H24N4O2/c1-17-18(2)27-24(22-10-3-4-11-25-22)28-23(17)26-14-19-7-5-8-20(13-19)15-29-16-21-9-6-12-30-21/h3-13H,14-16H2,1-2H3,(H,26,27,28). The van der Waals surface area contributed by atoms with Gasteiger partial charge in [0.05, 0.1) is 12.9 Å². The molecule has 4 aromatic rings. The van der Waals surface area contributed by atoms with E-state index in [1.807, 2.05) is 50.2 Å². The third kappa shape index (κ3) is 4.90. The highest BCUT2D eigenvalue weighted by Gasteiger charge is 2.10. The van der Waals surface area contributed by atoms with Crippen molar-refractivity contribution >= 4 is 5.82 Å². The number of anilines is 1. The van der Waals surface area contributed by atoms with Crippen molar-refractivity contribution in [1.82, 2.24) is 15.0 Å². The van der Waals surface area contributed by atoms with Gasteiger partial charge in [0.15, 0.2) is 5.82 Å². The number of aromatic nitrogens is 3. The fraction of sp³-hybridized carbons (Fsp3) is 0.208. The van der Waals surface area contributed by atoms with Crippen LogP contribution in [0.1, 0.15) is 28.1 Å². The second-order valence-electron chi connectivity index (χ2n) is 7.07. The van der Waals surface area contributed by atoms with Crippen molar-refractivity contribution in [2.75, 3.05) is 5.32 Å². The van der Waals surface area contributed by atoms with Crippen LogP contribution in [0.25, 0.3) is 11.5 Å². The number of nitrogens with zero attached hydrogens (tertiary/aromatic N) is 3. The minimum absolute atomic E-state index is 0.463. The number of aryl methyl sites for hydroxylation is 1. The summed E-state index contributed by atoms with van der Waals surface area (Å²) in [4.78, 5) is 13.7. The van der Waals surface area contributed by atoms with Crippen molar-refractivity contribution in [2.24, 2.45) is 0 Å². The van der Waals surface area contributed by atoms with Gasteiger partial charge in [-0.3, -0.25) is 4.98 Å². The van der Waals surface area contributed by atoms with E-state index < -0.39 is 0 Å². The Morgan fingerprint density at radius 1 is 0.933 bits per heavy atom. The van der Waals surface area contributed by atoms with E-state index in [-0.39, 0.29) is 0 Å². The Labute approximate surface area is 176 Å². The summed E-state index contributed by atoms with van der Waals surface area (Å²) in [6, 6.07) is 17.8. The van der Waals surface area contributed by atoms with E-state index >= 15 is 0 Å². The van der Waals surface area contributed by atoms with Crippen LogP contribution in [0.3, 0.4) is 0 Å². The summed E-state index contributed by atoms with van der Waals surface area (Å²) >= 11 is 0. The zero-order chi connectivity index (χ0) is 20.8. The van der Waals surface area contributed by atoms with Crippen LogP contribution in [-0.2, 0) is 24.5 Å². The topological polar surface area (TPSA) is 73.1 Å². The van der Waals surface area contributed by atoms with Crippen LogP contribution in [0, 0.1) is 13.8 Å². The number of hydrogen-bond acceptors (Lipinski definition) is 6. The molecule has 0 radical (unpaired) electrons. The number of ether oxygens (including phenoxy) is 1. The van der Waals surface area contributed by atoms with Crippen molar-refractivity contribution in [3.63, 3.8) is 0 Å². The number of rotatable bonds is 8. The van der Waals surface area contributed by atoms with Crippen LogP contribution in [0.2, 0.25) is 0 Å². The second-order valence-corrected chi connectivity index (χ2v) is 7.07. The second kappa shape index (κ2) is 9.33. The van der Waals surface area contributed by atoms with Crippen LogP contribution in [0.15, 0.2) is 71.5 Å². The zero-order valence-corrected chi connectivity index (χ0v) is 17.1. The van der Waals surface area contributed by atoms with Gasteiger partial charge in [-0.05, 0) is 49.2 Å². The first-order valence-electron chi connectivity index (χ1n) is 9.87. The summed E-state index contributed by atoms with van der Waals surface area (Å²) in [7, 11) is 0. The van der Waals surface area contributed by atoms with Gasteiger partial charge in [0.1, 0.15) is 23.9 Å². The molecule has 0 unspecified atom stereocenters. The lowest BCUT2D eigenvalue weighted by molar-refractivity contribution is 0.0929. The van der Waals surface area contributed by atoms with Crippen molar-refractivity contribution in [3.8, 4) is 11.5 Å². The van der Waals surface area contributed by atoms with E-state index in [0.29, 0.717) is 25.6 Å². The highest BCUT2D eigenvalue weighted by atomic mass is 16.5. The van der Waals surface area contributed by atoms with Gasteiger partial charge in [0, 0.05) is 24.0 Å². The molecule has 0 aliphatic carbocycles. The number of furan rings is 1. The number of hydrogen-bond donors (Lipinski definition) is 1. The molecule has 6 heteroatoms. The summed E-state index contributed by atoms with van der Waals surface area (Å²) < 4.78 is 11.0. The van der Waals surface area contributed by atoms with E-state index in [9.17, 15) is 0 Å². The molecular weight excluding hydrogens is 376 g/mol. The molecule has 0 fully saturated rings. The third-order valence-corrected chi connectivity index (χ3v) is 4.83. The molecule has 0 saturated heterocycles. The molecule has 0 bridgehead atoms. The monoisotopic (exact) mass is 400 g/mol. The zero-order valence-electron chi connectivity index (χ0n) is 17.1. The lowest BCUT2D eigenvalue weighted by Crippen LogP contribution is -2.07. The summed E-state index contributed by atoms with van der Waals surface area (Å²) in [5.41, 5.74) is 5.01. The molecule has 3 aromatic heterocycles. The lowest BCUT2D eigenvalue weighted by atomic mass is 10.1. The summed E-state index contributed by atoms with van der Waals surface area (Å²) in [6.45, 7) is 5.67. The maximum Gasteiger partial charge on any atom is 0.180 e. The highest BCUT2D eigenvalue weighted by Crippen LogP contribution is 2.21. The molecule has 0 atom stereocenters. The Morgan fingerprint density at radius 3 is 2.63 bits per heavy atom. The minimum atomic E-state index is 0.463. The van der Waals surface area contributed by atoms with E-state index in [1.165, 1.54) is 0 Å². The van der Waals surface area contributed by atoms with Crippen molar-refractivity contribution in [3.05, 3.63) is 95.2 Å². The first kappa shape index (κ1) is 19.8. The molecular formula is C24H24N4O2. The average Bonchev–Trinajstić information content (AvgIpc) is 3.29. The molecule has 1 aromatic carbocycles. The Hall–Kier alpha value is -3.51. The van der Waals surface area contributed by atoms with Crippen LogP contribution in [0.4, 0.5) is 5.82 Å². The average molecular weight is 400 g/mol. The van der Waals surface area contributed by atoms with Gasteiger partial charge in [0.2, 0.25) is 0 Å². The smallest absolute Gasteiger partial charge is 0.180 e. The summed E-state index contributed by atoms with van der Waals surface area (Å²) in [5.74, 6) is 2.27. The predicted octanol–water partition coefficient (Wildman–Crippen LogP) is 5.08. The number of nitrogens with one attached hydrogen (secondary N) is 1. The SMILES string of the molecule is Cc1nc(-c2ccccn2)nc(NCc2cccc(COCc3ccco3)c2)c1C. The van der Waals surface area contributed by atoms with Crippen molar-refractivity contribution < 1.29 is 9.15 Å². The molecule has 4 rings (SSSR count).